The molecule has 0 unspecified atom stereocenters. The Morgan fingerprint density at radius 1 is 1.04 bits per heavy atom. The van der Waals surface area contributed by atoms with E-state index >= 15 is 0 Å². The minimum Gasteiger partial charge on any atom is -0.394 e. The van der Waals surface area contributed by atoms with Gasteiger partial charge in [0, 0.05) is 6.92 Å². The molecule has 2 fully saturated rings. The lowest BCUT2D eigenvalue weighted by Gasteiger charge is -2.46. The van der Waals surface area contributed by atoms with Gasteiger partial charge in [0.05, 0.1) is 12.7 Å². The van der Waals surface area contributed by atoms with E-state index < -0.39 is 73.9 Å². The zero-order valence-electron chi connectivity index (χ0n) is 13.8. The minimum absolute atomic E-state index is 0.550. The van der Waals surface area contributed by atoms with Crippen molar-refractivity contribution < 1.29 is 49.6 Å². The van der Waals surface area contributed by atoms with Gasteiger partial charge in [-0.3, -0.25) is 4.79 Å². The third-order valence-corrected chi connectivity index (χ3v) is 4.34. The van der Waals surface area contributed by atoms with Gasteiger partial charge in [-0.05, 0) is 6.92 Å². The van der Waals surface area contributed by atoms with Crippen molar-refractivity contribution in [1.82, 2.24) is 5.32 Å². The van der Waals surface area contributed by atoms with Gasteiger partial charge in [-0.25, -0.2) is 0 Å². The van der Waals surface area contributed by atoms with E-state index in [0.29, 0.717) is 0 Å². The Morgan fingerprint density at radius 3 is 2.24 bits per heavy atom. The highest BCUT2D eigenvalue weighted by Crippen LogP contribution is 2.28. The Labute approximate surface area is 143 Å². The topological polar surface area (TPSA) is 178 Å². The molecule has 0 aromatic rings. The van der Waals surface area contributed by atoms with E-state index in [0.717, 1.165) is 0 Å². The number of hydrogen-bond donors (Lipinski definition) is 7. The van der Waals surface area contributed by atoms with Crippen LogP contribution in [0.2, 0.25) is 0 Å². The molecule has 7 N–H and O–H groups in total. The van der Waals surface area contributed by atoms with Gasteiger partial charge in [-0.15, -0.1) is 0 Å². The fourth-order valence-corrected chi connectivity index (χ4v) is 2.91. The van der Waals surface area contributed by atoms with Crippen LogP contribution in [0, 0.1) is 0 Å². The zero-order chi connectivity index (χ0) is 18.9. The molecular formula is C14H25NO10. The number of carbonyl (C=O) groups excluding carboxylic acids is 1. The summed E-state index contributed by atoms with van der Waals surface area (Å²) in [6.07, 6.45) is -12.5. The fourth-order valence-electron chi connectivity index (χ4n) is 2.91. The molecule has 25 heavy (non-hydrogen) atoms. The standard InChI is InChI=1S/C14H25NO10/c1-4-8(18)11(21)12(13(22)23-4)25-14-7(15-5(2)17)10(20)9(19)6(3-16)24-14/h4,6-14,16,18-22H,3H2,1-2H3,(H,15,17)/t4-,6+,7+,8+,9+,10+,11+,12-,13+,14+/m0/s1. The van der Waals surface area contributed by atoms with E-state index in [4.69, 9.17) is 14.2 Å². The van der Waals surface area contributed by atoms with E-state index in [1.54, 1.807) is 0 Å². The Bertz CT molecular complexity index is 465. The van der Waals surface area contributed by atoms with Gasteiger partial charge in [-0.2, -0.15) is 0 Å². The van der Waals surface area contributed by atoms with Gasteiger partial charge in [-0.1, -0.05) is 0 Å². The molecule has 0 aromatic heterocycles. The zero-order valence-corrected chi connectivity index (χ0v) is 13.8. The first kappa shape index (κ1) is 20.4. The van der Waals surface area contributed by atoms with Crippen molar-refractivity contribution in [3.8, 4) is 0 Å². The molecule has 2 saturated heterocycles. The van der Waals surface area contributed by atoms with Crippen LogP contribution >= 0.6 is 0 Å². The summed E-state index contributed by atoms with van der Waals surface area (Å²) in [5.74, 6) is -0.550. The lowest BCUT2D eigenvalue weighted by atomic mass is 9.96. The lowest BCUT2D eigenvalue weighted by Crippen LogP contribution is -2.67. The van der Waals surface area contributed by atoms with Crippen LogP contribution in [0.25, 0.3) is 0 Å². The van der Waals surface area contributed by atoms with E-state index in [9.17, 15) is 35.4 Å². The highest BCUT2D eigenvalue weighted by molar-refractivity contribution is 5.73. The third-order valence-electron chi connectivity index (χ3n) is 4.34. The molecule has 11 heteroatoms. The van der Waals surface area contributed by atoms with E-state index in [-0.39, 0.29) is 0 Å². The van der Waals surface area contributed by atoms with Crippen molar-refractivity contribution in [2.75, 3.05) is 6.61 Å². The lowest BCUT2D eigenvalue weighted by molar-refractivity contribution is -0.344. The van der Waals surface area contributed by atoms with Gasteiger partial charge >= 0.3 is 0 Å². The SMILES string of the molecule is CC(=O)N[C@H]1[C@@H](O[C@H]2[C@H](O)[C@H](O)[C@H](C)O[C@H]2O)O[C@H](CO)[C@@H](O)[C@@H]1O. The molecule has 146 valence electrons. The summed E-state index contributed by atoms with van der Waals surface area (Å²) in [6, 6.07) is -1.24. The maximum atomic E-state index is 11.3. The molecule has 0 spiro atoms. The number of hydrogen-bond acceptors (Lipinski definition) is 10. The minimum atomic E-state index is -1.61. The second-order valence-corrected chi connectivity index (χ2v) is 6.25. The van der Waals surface area contributed by atoms with Crippen molar-refractivity contribution in [1.29, 1.82) is 0 Å². The number of nitrogens with one attached hydrogen (secondary N) is 1. The molecule has 11 nitrogen and oxygen atoms in total. The molecule has 2 rings (SSSR count). The summed E-state index contributed by atoms with van der Waals surface area (Å²) in [5.41, 5.74) is 0. The molecule has 0 saturated carbocycles. The summed E-state index contributed by atoms with van der Waals surface area (Å²) >= 11 is 0. The van der Waals surface area contributed by atoms with Crippen molar-refractivity contribution in [2.24, 2.45) is 0 Å². The molecule has 2 heterocycles. The van der Waals surface area contributed by atoms with Gasteiger partial charge in [0.2, 0.25) is 5.91 Å². The first-order chi connectivity index (χ1) is 11.7. The van der Waals surface area contributed by atoms with Crippen LogP contribution in [0.1, 0.15) is 13.8 Å². The first-order valence-corrected chi connectivity index (χ1v) is 7.92. The first-order valence-electron chi connectivity index (χ1n) is 7.92. The van der Waals surface area contributed by atoms with Crippen LogP contribution in [-0.2, 0) is 19.0 Å². The average Bonchev–Trinajstić information content (AvgIpc) is 2.55. The summed E-state index contributed by atoms with van der Waals surface area (Å²) < 4.78 is 15.8. The molecule has 0 radical (unpaired) electrons. The second kappa shape index (κ2) is 8.20. The molecule has 0 aromatic carbocycles. The molecule has 0 aliphatic carbocycles. The number of carbonyl (C=O) groups is 1. The van der Waals surface area contributed by atoms with Crippen LogP contribution < -0.4 is 5.32 Å². The number of amides is 1. The molecule has 10 atom stereocenters. The van der Waals surface area contributed by atoms with Crippen molar-refractivity contribution >= 4 is 5.91 Å². The predicted octanol–water partition coefficient (Wildman–Crippen LogP) is -4.23. The summed E-state index contributed by atoms with van der Waals surface area (Å²) in [4.78, 5) is 11.3. The van der Waals surface area contributed by atoms with Crippen LogP contribution in [0.4, 0.5) is 0 Å². The smallest absolute Gasteiger partial charge is 0.217 e. The van der Waals surface area contributed by atoms with Crippen LogP contribution in [0.5, 0.6) is 0 Å². The van der Waals surface area contributed by atoms with Crippen molar-refractivity contribution in [2.45, 2.75) is 75.2 Å². The number of ether oxygens (including phenoxy) is 3. The van der Waals surface area contributed by atoms with Gasteiger partial charge in [0.15, 0.2) is 12.6 Å². The van der Waals surface area contributed by atoms with Crippen molar-refractivity contribution in [3.63, 3.8) is 0 Å². The Hall–Kier alpha value is -0.890. The Balaban J connectivity index is 2.19. The quantitative estimate of drug-likeness (QED) is 0.257. The Morgan fingerprint density at radius 2 is 1.68 bits per heavy atom. The third kappa shape index (κ3) is 4.27. The van der Waals surface area contributed by atoms with E-state index in [1.807, 2.05) is 0 Å². The number of aliphatic hydroxyl groups excluding tert-OH is 6. The van der Waals surface area contributed by atoms with Crippen LogP contribution in [0.15, 0.2) is 0 Å². The summed E-state index contributed by atoms with van der Waals surface area (Å²) in [7, 11) is 0. The molecular weight excluding hydrogens is 342 g/mol. The second-order valence-electron chi connectivity index (χ2n) is 6.25. The molecule has 2 aliphatic rings. The highest BCUT2D eigenvalue weighted by atomic mass is 16.7. The van der Waals surface area contributed by atoms with Gasteiger partial charge < -0.3 is 50.2 Å². The van der Waals surface area contributed by atoms with Crippen LogP contribution in [-0.4, -0.2) is 105 Å². The Kier molecular flexibility index (Phi) is 6.70. The highest BCUT2D eigenvalue weighted by Gasteiger charge is 2.50. The van der Waals surface area contributed by atoms with Gasteiger partial charge in [0.1, 0.15) is 42.7 Å². The average molecular weight is 367 g/mol. The van der Waals surface area contributed by atoms with Crippen LogP contribution in [0.3, 0.4) is 0 Å². The summed E-state index contributed by atoms with van der Waals surface area (Å²) in [6.45, 7) is 1.98. The summed E-state index contributed by atoms with van der Waals surface area (Å²) in [5, 5.41) is 61.6. The maximum absolute atomic E-state index is 11.3. The van der Waals surface area contributed by atoms with E-state index in [1.165, 1.54) is 13.8 Å². The molecule has 2 aliphatic heterocycles. The maximum Gasteiger partial charge on any atom is 0.217 e. The number of rotatable bonds is 4. The predicted molar refractivity (Wildman–Crippen MR) is 78.8 cm³/mol. The number of aliphatic hydroxyl groups is 6. The molecule has 1 amide bonds. The fraction of sp³-hybridized carbons (Fsp3) is 0.929. The van der Waals surface area contributed by atoms with E-state index in [2.05, 4.69) is 5.32 Å². The molecule has 0 bridgehead atoms. The largest absolute Gasteiger partial charge is 0.394 e. The monoisotopic (exact) mass is 367 g/mol. The normalized spacial score (nSPS) is 48.2. The van der Waals surface area contributed by atoms with Crippen molar-refractivity contribution in [3.05, 3.63) is 0 Å². The van der Waals surface area contributed by atoms with Gasteiger partial charge in [0.25, 0.3) is 0 Å².